The number of hydrogen-bond acceptors (Lipinski definition) is 4. The number of carbonyl (C=O) groups is 1. The third-order valence-corrected chi connectivity index (χ3v) is 4.58. The van der Waals surface area contributed by atoms with E-state index in [0.29, 0.717) is 5.56 Å². The molecule has 0 radical (unpaired) electrons. The zero-order valence-electron chi connectivity index (χ0n) is 15.0. The fourth-order valence-electron chi connectivity index (χ4n) is 2.78. The molecule has 0 aliphatic rings. The number of rotatable bonds is 5. The first-order chi connectivity index (χ1) is 11.8. The molecule has 0 aliphatic heterocycles. The van der Waals surface area contributed by atoms with Gasteiger partial charge in [-0.25, -0.2) is 0 Å². The van der Waals surface area contributed by atoms with Crippen molar-refractivity contribution in [2.45, 2.75) is 32.8 Å². The van der Waals surface area contributed by atoms with Gasteiger partial charge in [-0.15, -0.1) is 0 Å². The van der Waals surface area contributed by atoms with E-state index in [1.165, 1.54) is 0 Å². The van der Waals surface area contributed by atoms with Gasteiger partial charge < -0.3 is 14.8 Å². The molecule has 6 nitrogen and oxygen atoms in total. The van der Waals surface area contributed by atoms with E-state index in [9.17, 15) is 9.90 Å². The standard InChI is InChI=1S/C19H23N3O3/c1-12-5-16-14(10-25-17(16)6-13(12)2)7-18(23)20-11-19(3,24)15-8-21-22(4)9-15/h5-6,8-10,24H,7,11H2,1-4H3,(H,20,23). The van der Waals surface area contributed by atoms with E-state index in [4.69, 9.17) is 4.42 Å². The Morgan fingerprint density at radius 1 is 1.36 bits per heavy atom. The predicted octanol–water partition coefficient (Wildman–Crippen LogP) is 2.35. The van der Waals surface area contributed by atoms with Crippen molar-refractivity contribution in [3.8, 4) is 0 Å². The van der Waals surface area contributed by atoms with Gasteiger partial charge in [0.2, 0.25) is 5.91 Å². The number of nitrogens with zero attached hydrogens (tertiary/aromatic N) is 2. The molecule has 0 saturated carbocycles. The zero-order valence-corrected chi connectivity index (χ0v) is 15.0. The third-order valence-electron chi connectivity index (χ3n) is 4.58. The van der Waals surface area contributed by atoms with Crippen molar-refractivity contribution in [2.75, 3.05) is 6.54 Å². The first kappa shape index (κ1) is 17.2. The maximum Gasteiger partial charge on any atom is 0.224 e. The molecule has 1 aromatic carbocycles. The number of amides is 1. The highest BCUT2D eigenvalue weighted by atomic mass is 16.3. The van der Waals surface area contributed by atoms with Crippen molar-refractivity contribution in [1.82, 2.24) is 15.1 Å². The normalized spacial score (nSPS) is 13.8. The van der Waals surface area contributed by atoms with E-state index in [2.05, 4.69) is 10.4 Å². The van der Waals surface area contributed by atoms with Crippen molar-refractivity contribution in [1.29, 1.82) is 0 Å². The van der Waals surface area contributed by atoms with E-state index < -0.39 is 5.60 Å². The lowest BCUT2D eigenvalue weighted by molar-refractivity contribution is -0.121. The van der Waals surface area contributed by atoms with Crippen LogP contribution in [0.25, 0.3) is 11.0 Å². The molecule has 25 heavy (non-hydrogen) atoms. The van der Waals surface area contributed by atoms with Gasteiger partial charge in [0.1, 0.15) is 11.2 Å². The molecule has 0 bridgehead atoms. The highest BCUT2D eigenvalue weighted by molar-refractivity contribution is 5.88. The summed E-state index contributed by atoms with van der Waals surface area (Å²) in [7, 11) is 1.78. The lowest BCUT2D eigenvalue weighted by atomic mass is 9.99. The molecule has 0 fully saturated rings. The van der Waals surface area contributed by atoms with Gasteiger partial charge >= 0.3 is 0 Å². The van der Waals surface area contributed by atoms with Gasteiger partial charge in [-0.3, -0.25) is 9.48 Å². The molecule has 0 saturated heterocycles. The number of fused-ring (bicyclic) bond motifs is 1. The van der Waals surface area contributed by atoms with Crippen LogP contribution >= 0.6 is 0 Å². The molecule has 6 heteroatoms. The molecule has 0 spiro atoms. The van der Waals surface area contributed by atoms with Gasteiger partial charge in [-0.2, -0.15) is 5.10 Å². The Morgan fingerprint density at radius 2 is 2.08 bits per heavy atom. The summed E-state index contributed by atoms with van der Waals surface area (Å²) in [4.78, 5) is 12.3. The molecule has 1 unspecified atom stereocenters. The number of aliphatic hydroxyl groups is 1. The molecule has 2 heterocycles. The fraction of sp³-hybridized carbons (Fsp3) is 0.368. The number of hydrogen-bond donors (Lipinski definition) is 2. The van der Waals surface area contributed by atoms with Gasteiger partial charge in [-0.05, 0) is 44.0 Å². The second-order valence-electron chi connectivity index (χ2n) is 6.82. The van der Waals surface area contributed by atoms with Crippen molar-refractivity contribution in [3.05, 3.63) is 53.0 Å². The minimum Gasteiger partial charge on any atom is -0.464 e. The van der Waals surface area contributed by atoms with Crippen molar-refractivity contribution in [2.24, 2.45) is 7.05 Å². The molecule has 0 aliphatic carbocycles. The lowest BCUT2D eigenvalue weighted by Gasteiger charge is -2.22. The summed E-state index contributed by atoms with van der Waals surface area (Å²) in [6.45, 7) is 5.84. The molecule has 1 amide bonds. The van der Waals surface area contributed by atoms with Crippen LogP contribution in [-0.4, -0.2) is 27.3 Å². The second kappa shape index (κ2) is 6.37. The smallest absolute Gasteiger partial charge is 0.224 e. The van der Waals surface area contributed by atoms with Crippen LogP contribution in [0.1, 0.15) is 29.2 Å². The summed E-state index contributed by atoms with van der Waals surface area (Å²) in [5, 5.41) is 18.3. The van der Waals surface area contributed by atoms with Crippen molar-refractivity contribution >= 4 is 16.9 Å². The van der Waals surface area contributed by atoms with E-state index in [0.717, 1.165) is 27.7 Å². The topological polar surface area (TPSA) is 80.3 Å². The van der Waals surface area contributed by atoms with E-state index in [1.54, 1.807) is 37.3 Å². The van der Waals surface area contributed by atoms with E-state index in [-0.39, 0.29) is 18.9 Å². The number of benzene rings is 1. The molecule has 2 aromatic heterocycles. The Balaban J connectivity index is 1.68. The van der Waals surface area contributed by atoms with Gasteiger partial charge in [0, 0.05) is 29.8 Å². The Hall–Kier alpha value is -2.60. The van der Waals surface area contributed by atoms with Gasteiger partial charge in [0.05, 0.1) is 25.4 Å². The number of furan rings is 1. The average molecular weight is 341 g/mol. The van der Waals surface area contributed by atoms with Crippen molar-refractivity contribution in [3.63, 3.8) is 0 Å². The second-order valence-corrected chi connectivity index (χ2v) is 6.82. The summed E-state index contributed by atoms with van der Waals surface area (Å²) < 4.78 is 7.18. The summed E-state index contributed by atoms with van der Waals surface area (Å²) in [5.74, 6) is -0.162. The van der Waals surface area contributed by atoms with Crippen molar-refractivity contribution < 1.29 is 14.3 Å². The van der Waals surface area contributed by atoms with Crippen LogP contribution in [0, 0.1) is 13.8 Å². The number of aryl methyl sites for hydroxylation is 3. The third kappa shape index (κ3) is 3.58. The minimum absolute atomic E-state index is 0.117. The number of carbonyl (C=O) groups excluding carboxylic acids is 1. The van der Waals surface area contributed by atoms with Crippen LogP contribution in [0.5, 0.6) is 0 Å². The number of aromatic nitrogens is 2. The van der Waals surface area contributed by atoms with Gasteiger partial charge in [0.15, 0.2) is 0 Å². The van der Waals surface area contributed by atoms with Gasteiger partial charge in [-0.1, -0.05) is 0 Å². The Morgan fingerprint density at radius 3 is 2.76 bits per heavy atom. The monoisotopic (exact) mass is 341 g/mol. The Bertz CT molecular complexity index is 921. The first-order valence-corrected chi connectivity index (χ1v) is 8.22. The summed E-state index contributed by atoms with van der Waals surface area (Å²) in [6, 6.07) is 4.03. The Kier molecular flexibility index (Phi) is 4.39. The molecule has 132 valence electrons. The van der Waals surface area contributed by atoms with Crippen LogP contribution in [0.2, 0.25) is 0 Å². The SMILES string of the molecule is Cc1cc2occ(CC(=O)NCC(C)(O)c3cnn(C)c3)c2cc1C. The predicted molar refractivity (Wildman–Crippen MR) is 95.2 cm³/mol. The lowest BCUT2D eigenvalue weighted by Crippen LogP contribution is -2.39. The minimum atomic E-state index is -1.17. The van der Waals surface area contributed by atoms with Crippen LogP contribution in [0.4, 0.5) is 0 Å². The molecular formula is C19H23N3O3. The average Bonchev–Trinajstić information content (AvgIpc) is 3.14. The van der Waals surface area contributed by atoms with Crippen LogP contribution < -0.4 is 5.32 Å². The van der Waals surface area contributed by atoms with E-state index >= 15 is 0 Å². The Labute approximate surface area is 146 Å². The molecule has 2 N–H and O–H groups in total. The van der Waals surface area contributed by atoms with Gasteiger partial charge in [0.25, 0.3) is 0 Å². The molecule has 3 rings (SSSR count). The highest BCUT2D eigenvalue weighted by Gasteiger charge is 2.25. The maximum absolute atomic E-state index is 12.3. The van der Waals surface area contributed by atoms with Crippen LogP contribution in [-0.2, 0) is 23.9 Å². The maximum atomic E-state index is 12.3. The summed E-state index contributed by atoms with van der Waals surface area (Å²) >= 11 is 0. The summed E-state index contributed by atoms with van der Waals surface area (Å²) in [6.07, 6.45) is 5.17. The highest BCUT2D eigenvalue weighted by Crippen LogP contribution is 2.25. The molecular weight excluding hydrogens is 318 g/mol. The van der Waals surface area contributed by atoms with Crippen LogP contribution in [0.3, 0.4) is 0 Å². The van der Waals surface area contributed by atoms with Crippen LogP contribution in [0.15, 0.2) is 35.2 Å². The number of nitrogens with one attached hydrogen (secondary N) is 1. The zero-order chi connectivity index (χ0) is 18.2. The quantitative estimate of drug-likeness (QED) is 0.746. The first-order valence-electron chi connectivity index (χ1n) is 8.22. The molecule has 1 atom stereocenters. The molecule has 3 aromatic rings. The largest absolute Gasteiger partial charge is 0.464 e. The summed E-state index contributed by atoms with van der Waals surface area (Å²) in [5.41, 5.74) is 3.44. The fourth-order valence-corrected chi connectivity index (χ4v) is 2.78. The van der Waals surface area contributed by atoms with E-state index in [1.807, 2.05) is 26.0 Å².